The van der Waals surface area contributed by atoms with Crippen LogP contribution in [0.2, 0.25) is 5.02 Å². The Labute approximate surface area is 142 Å². The second-order valence-electron chi connectivity index (χ2n) is 4.36. The standard InChI is InChI=1S/C14H13BrClNO4S/c1-21-13-5-2-10(15)7-14(13)22(19,20)17-12-4-3-11(16)6-9(12)8-18/h2-7,17-18H,8H2,1H3. The van der Waals surface area contributed by atoms with Gasteiger partial charge in [0.25, 0.3) is 10.0 Å². The fourth-order valence-corrected chi connectivity index (χ4v) is 3.86. The van der Waals surface area contributed by atoms with Crippen molar-refractivity contribution in [2.24, 2.45) is 0 Å². The van der Waals surface area contributed by atoms with Gasteiger partial charge < -0.3 is 9.84 Å². The Balaban J connectivity index is 2.47. The van der Waals surface area contributed by atoms with Crippen LogP contribution in [0.15, 0.2) is 45.8 Å². The van der Waals surface area contributed by atoms with Crippen LogP contribution in [0.25, 0.3) is 0 Å². The van der Waals surface area contributed by atoms with E-state index in [-0.39, 0.29) is 22.9 Å². The average molecular weight is 407 g/mol. The van der Waals surface area contributed by atoms with E-state index in [0.717, 1.165) is 0 Å². The molecule has 2 N–H and O–H groups in total. The van der Waals surface area contributed by atoms with Crippen molar-refractivity contribution in [2.75, 3.05) is 11.8 Å². The predicted molar refractivity (Wildman–Crippen MR) is 88.9 cm³/mol. The zero-order valence-electron chi connectivity index (χ0n) is 11.5. The zero-order chi connectivity index (χ0) is 16.3. The molecule has 0 amide bonds. The first-order valence-electron chi connectivity index (χ1n) is 6.13. The first-order chi connectivity index (χ1) is 10.4. The topological polar surface area (TPSA) is 75.6 Å². The van der Waals surface area contributed by atoms with Crippen LogP contribution < -0.4 is 9.46 Å². The van der Waals surface area contributed by atoms with Gasteiger partial charge >= 0.3 is 0 Å². The minimum Gasteiger partial charge on any atom is -0.495 e. The van der Waals surface area contributed by atoms with E-state index in [2.05, 4.69) is 20.7 Å². The molecule has 5 nitrogen and oxygen atoms in total. The molecular formula is C14H13BrClNO4S. The van der Waals surface area contributed by atoms with Crippen molar-refractivity contribution in [3.63, 3.8) is 0 Å². The van der Waals surface area contributed by atoms with Gasteiger partial charge in [0.2, 0.25) is 0 Å². The van der Waals surface area contributed by atoms with Crippen LogP contribution in [-0.4, -0.2) is 20.6 Å². The van der Waals surface area contributed by atoms with E-state index in [1.807, 2.05) is 0 Å². The van der Waals surface area contributed by atoms with Crippen molar-refractivity contribution in [2.45, 2.75) is 11.5 Å². The zero-order valence-corrected chi connectivity index (χ0v) is 14.7. The Morgan fingerprint density at radius 1 is 1.27 bits per heavy atom. The molecule has 0 aromatic heterocycles. The Kier molecular flexibility index (Phi) is 5.33. The number of hydrogen-bond donors (Lipinski definition) is 2. The number of anilines is 1. The molecule has 0 saturated heterocycles. The lowest BCUT2D eigenvalue weighted by atomic mass is 10.2. The number of methoxy groups -OCH3 is 1. The smallest absolute Gasteiger partial charge is 0.265 e. The van der Waals surface area contributed by atoms with Gasteiger partial charge in [-0.2, -0.15) is 0 Å². The van der Waals surface area contributed by atoms with Gasteiger partial charge in [-0.25, -0.2) is 8.42 Å². The number of ether oxygens (including phenoxy) is 1. The summed E-state index contributed by atoms with van der Waals surface area (Å²) in [7, 11) is -2.49. The summed E-state index contributed by atoms with van der Waals surface area (Å²) in [6.07, 6.45) is 0. The largest absolute Gasteiger partial charge is 0.495 e. The molecule has 0 aliphatic carbocycles. The third kappa shape index (κ3) is 3.73. The summed E-state index contributed by atoms with van der Waals surface area (Å²) < 4.78 is 33.2. The molecule has 2 rings (SSSR count). The molecule has 0 radical (unpaired) electrons. The number of aliphatic hydroxyl groups is 1. The Hall–Kier alpha value is -1.28. The maximum atomic E-state index is 12.6. The van der Waals surface area contributed by atoms with Crippen molar-refractivity contribution < 1.29 is 18.3 Å². The molecule has 0 heterocycles. The van der Waals surface area contributed by atoms with Crippen LogP contribution >= 0.6 is 27.5 Å². The number of sulfonamides is 1. The molecule has 118 valence electrons. The van der Waals surface area contributed by atoms with Gasteiger partial charge in [-0.1, -0.05) is 27.5 Å². The maximum absolute atomic E-state index is 12.6. The van der Waals surface area contributed by atoms with E-state index < -0.39 is 10.0 Å². The van der Waals surface area contributed by atoms with Crippen molar-refractivity contribution >= 4 is 43.2 Å². The van der Waals surface area contributed by atoms with Crippen molar-refractivity contribution in [3.8, 4) is 5.75 Å². The lowest BCUT2D eigenvalue weighted by molar-refractivity contribution is 0.282. The second kappa shape index (κ2) is 6.87. The van der Waals surface area contributed by atoms with Crippen LogP contribution in [-0.2, 0) is 16.6 Å². The number of rotatable bonds is 5. The van der Waals surface area contributed by atoms with Gasteiger partial charge in [0.05, 0.1) is 19.4 Å². The summed E-state index contributed by atoms with van der Waals surface area (Å²) in [4.78, 5) is -0.0109. The highest BCUT2D eigenvalue weighted by Gasteiger charge is 2.21. The summed E-state index contributed by atoms with van der Waals surface area (Å²) in [5.74, 6) is 0.218. The lowest BCUT2D eigenvalue weighted by Gasteiger charge is -2.14. The van der Waals surface area contributed by atoms with E-state index in [9.17, 15) is 13.5 Å². The second-order valence-corrected chi connectivity index (χ2v) is 7.36. The van der Waals surface area contributed by atoms with Crippen LogP contribution in [0.5, 0.6) is 5.75 Å². The minimum absolute atomic E-state index is 0.0109. The number of aliphatic hydroxyl groups excluding tert-OH is 1. The molecule has 0 fully saturated rings. The molecule has 8 heteroatoms. The van der Waals surface area contributed by atoms with Gasteiger partial charge in [0.15, 0.2) is 0 Å². The highest BCUT2D eigenvalue weighted by molar-refractivity contribution is 9.10. The molecule has 0 saturated carbocycles. The molecule has 0 aliphatic rings. The first kappa shape index (κ1) is 17.1. The SMILES string of the molecule is COc1ccc(Br)cc1S(=O)(=O)Nc1ccc(Cl)cc1CO. The highest BCUT2D eigenvalue weighted by Crippen LogP contribution is 2.30. The van der Waals surface area contributed by atoms with Gasteiger partial charge in [-0.05, 0) is 36.4 Å². The van der Waals surface area contributed by atoms with Gasteiger partial charge in [-0.3, -0.25) is 4.72 Å². The lowest BCUT2D eigenvalue weighted by Crippen LogP contribution is -2.15. The van der Waals surface area contributed by atoms with Crippen LogP contribution in [0.1, 0.15) is 5.56 Å². The van der Waals surface area contributed by atoms with Gasteiger partial charge in [0, 0.05) is 15.1 Å². The van der Waals surface area contributed by atoms with Crippen LogP contribution in [0.3, 0.4) is 0 Å². The molecule has 0 spiro atoms. The number of halogens is 2. The molecule has 2 aromatic rings. The quantitative estimate of drug-likeness (QED) is 0.798. The third-order valence-corrected chi connectivity index (χ3v) is 5.01. The number of benzene rings is 2. The molecule has 0 aliphatic heterocycles. The van der Waals surface area contributed by atoms with E-state index >= 15 is 0 Å². The summed E-state index contributed by atoms with van der Waals surface area (Å²) in [6.45, 7) is -0.339. The molecule has 0 atom stereocenters. The van der Waals surface area contributed by atoms with Crippen LogP contribution in [0, 0.1) is 0 Å². The normalized spacial score (nSPS) is 11.3. The fraction of sp³-hybridized carbons (Fsp3) is 0.143. The molecular weight excluding hydrogens is 394 g/mol. The summed E-state index contributed by atoms with van der Waals surface area (Å²) in [5.41, 5.74) is 0.638. The van der Waals surface area contributed by atoms with Crippen molar-refractivity contribution in [1.82, 2.24) is 0 Å². The summed E-state index contributed by atoms with van der Waals surface area (Å²) in [5, 5.41) is 9.74. The first-order valence-corrected chi connectivity index (χ1v) is 8.78. The van der Waals surface area contributed by atoms with Crippen LogP contribution in [0.4, 0.5) is 5.69 Å². The number of hydrogen-bond acceptors (Lipinski definition) is 4. The summed E-state index contributed by atoms with van der Waals surface area (Å²) >= 11 is 9.07. The monoisotopic (exact) mass is 405 g/mol. The average Bonchev–Trinajstić information content (AvgIpc) is 2.48. The molecule has 0 bridgehead atoms. The maximum Gasteiger partial charge on any atom is 0.265 e. The Bertz CT molecular complexity index is 795. The summed E-state index contributed by atoms with van der Waals surface area (Å²) in [6, 6.07) is 9.20. The molecule has 2 aromatic carbocycles. The van der Waals surface area contributed by atoms with Crippen molar-refractivity contribution in [1.29, 1.82) is 0 Å². The highest BCUT2D eigenvalue weighted by atomic mass is 79.9. The molecule has 22 heavy (non-hydrogen) atoms. The Morgan fingerprint density at radius 2 is 2.00 bits per heavy atom. The van der Waals surface area contributed by atoms with Gasteiger partial charge in [0.1, 0.15) is 10.6 Å². The molecule has 0 unspecified atom stereocenters. The van der Waals surface area contributed by atoms with Crippen molar-refractivity contribution in [3.05, 3.63) is 51.5 Å². The number of nitrogens with one attached hydrogen (secondary N) is 1. The predicted octanol–water partition coefficient (Wildman–Crippen LogP) is 3.40. The van der Waals surface area contributed by atoms with Gasteiger partial charge in [-0.15, -0.1) is 0 Å². The van der Waals surface area contributed by atoms with E-state index in [4.69, 9.17) is 16.3 Å². The van der Waals surface area contributed by atoms with E-state index in [0.29, 0.717) is 15.1 Å². The minimum atomic E-state index is -3.88. The Morgan fingerprint density at radius 3 is 2.64 bits per heavy atom. The third-order valence-electron chi connectivity index (χ3n) is 2.90. The van der Waals surface area contributed by atoms with E-state index in [1.165, 1.54) is 31.4 Å². The van der Waals surface area contributed by atoms with E-state index in [1.54, 1.807) is 12.1 Å². The fourth-order valence-electron chi connectivity index (χ4n) is 1.85.